The van der Waals surface area contributed by atoms with Gasteiger partial charge in [-0.25, -0.2) is 0 Å². The van der Waals surface area contributed by atoms with Crippen molar-refractivity contribution in [3.8, 4) is 0 Å². The van der Waals surface area contributed by atoms with Crippen LogP contribution in [0.1, 0.15) is 30.1 Å². The van der Waals surface area contributed by atoms with Crippen LogP contribution in [0.15, 0.2) is 23.1 Å². The Bertz CT molecular complexity index is 470. The number of nitrogens with two attached hydrogens (primary N) is 1. The molecule has 0 saturated carbocycles. The van der Waals surface area contributed by atoms with Crippen LogP contribution in [0.5, 0.6) is 0 Å². The van der Waals surface area contributed by atoms with Crippen molar-refractivity contribution < 1.29 is 4.79 Å². The number of amides is 1. The number of aromatic nitrogens is 1. The molecule has 0 bridgehead atoms. The summed E-state index contributed by atoms with van der Waals surface area (Å²) in [6.07, 6.45) is 2.97. The van der Waals surface area contributed by atoms with Crippen molar-refractivity contribution in [3.05, 3.63) is 34.2 Å². The molecule has 0 saturated heterocycles. The second kappa shape index (κ2) is 6.15. The number of rotatable bonds is 5. The summed E-state index contributed by atoms with van der Waals surface area (Å²) in [7, 11) is 0. The number of nitrogens with one attached hydrogen (secondary N) is 2. The minimum atomic E-state index is -0.345. The lowest BCUT2D eigenvalue weighted by Gasteiger charge is -2.16. The molecule has 1 unspecified atom stereocenters. The van der Waals surface area contributed by atoms with Gasteiger partial charge in [-0.3, -0.25) is 9.59 Å². The van der Waals surface area contributed by atoms with Gasteiger partial charge in [0.1, 0.15) is 0 Å². The van der Waals surface area contributed by atoms with E-state index in [0.29, 0.717) is 12.0 Å². The molecule has 1 atom stereocenters. The van der Waals surface area contributed by atoms with Gasteiger partial charge in [-0.1, -0.05) is 25.6 Å². The maximum absolute atomic E-state index is 11.8. The number of thiocarbonyl (C=S) groups is 1. The van der Waals surface area contributed by atoms with E-state index in [0.717, 1.165) is 6.42 Å². The fraction of sp³-hybridized carbons (Fsp3) is 0.364. The molecule has 1 aromatic heterocycles. The standard InChI is InChI=1S/C11H15N3O2S/c1-2-3-8(10(12)17)14-11(16)7-4-5-13-9(15)6-7/h4-6,8H,2-3H2,1H3,(H2,12,17)(H,13,15)(H,14,16). The average Bonchev–Trinajstić information content (AvgIpc) is 2.28. The fourth-order valence-corrected chi connectivity index (χ4v) is 1.58. The van der Waals surface area contributed by atoms with Crippen LogP contribution < -0.4 is 16.6 Å². The zero-order chi connectivity index (χ0) is 12.8. The molecule has 1 aromatic rings. The molecule has 17 heavy (non-hydrogen) atoms. The van der Waals surface area contributed by atoms with Crippen LogP contribution in [0, 0.1) is 0 Å². The quantitative estimate of drug-likeness (QED) is 0.669. The Labute approximate surface area is 104 Å². The lowest BCUT2D eigenvalue weighted by molar-refractivity contribution is 0.0945. The smallest absolute Gasteiger partial charge is 0.252 e. The molecule has 0 aliphatic rings. The van der Waals surface area contributed by atoms with E-state index in [1.165, 1.54) is 18.3 Å². The van der Waals surface area contributed by atoms with E-state index in [9.17, 15) is 9.59 Å². The Kier molecular flexibility index (Phi) is 4.84. The largest absolute Gasteiger partial charge is 0.392 e. The van der Waals surface area contributed by atoms with Crippen LogP contribution in [-0.4, -0.2) is 21.9 Å². The van der Waals surface area contributed by atoms with E-state index >= 15 is 0 Å². The highest BCUT2D eigenvalue weighted by Crippen LogP contribution is 2.00. The summed E-state index contributed by atoms with van der Waals surface area (Å²) in [5.41, 5.74) is 5.51. The third-order valence-electron chi connectivity index (χ3n) is 2.26. The van der Waals surface area contributed by atoms with Gasteiger partial charge in [0.25, 0.3) is 5.91 Å². The third kappa shape index (κ3) is 3.99. The topological polar surface area (TPSA) is 88.0 Å². The van der Waals surface area contributed by atoms with Crippen molar-refractivity contribution in [2.75, 3.05) is 0 Å². The molecule has 6 heteroatoms. The first kappa shape index (κ1) is 13.4. The molecule has 1 amide bonds. The number of carbonyl (C=O) groups excluding carboxylic acids is 1. The number of pyridine rings is 1. The van der Waals surface area contributed by atoms with Gasteiger partial charge in [0, 0.05) is 17.8 Å². The molecule has 4 N–H and O–H groups in total. The maximum Gasteiger partial charge on any atom is 0.252 e. The van der Waals surface area contributed by atoms with E-state index in [1.54, 1.807) is 0 Å². The van der Waals surface area contributed by atoms with Gasteiger partial charge in [0.2, 0.25) is 5.56 Å². The van der Waals surface area contributed by atoms with E-state index in [1.807, 2.05) is 6.92 Å². The first-order valence-electron chi connectivity index (χ1n) is 5.33. The normalized spacial score (nSPS) is 11.8. The van der Waals surface area contributed by atoms with Gasteiger partial charge in [-0.2, -0.15) is 0 Å². The fourth-order valence-electron chi connectivity index (χ4n) is 1.40. The highest BCUT2D eigenvalue weighted by atomic mass is 32.1. The summed E-state index contributed by atoms with van der Waals surface area (Å²) in [4.78, 5) is 25.6. The summed E-state index contributed by atoms with van der Waals surface area (Å²) >= 11 is 4.87. The second-order valence-electron chi connectivity index (χ2n) is 3.66. The lowest BCUT2D eigenvalue weighted by Crippen LogP contribution is -2.43. The summed E-state index contributed by atoms with van der Waals surface area (Å²) in [6.45, 7) is 1.98. The van der Waals surface area contributed by atoms with E-state index in [-0.39, 0.29) is 22.5 Å². The minimum absolute atomic E-state index is 0.255. The van der Waals surface area contributed by atoms with Gasteiger partial charge in [0.05, 0.1) is 11.0 Å². The van der Waals surface area contributed by atoms with Crippen LogP contribution in [0.3, 0.4) is 0 Å². The second-order valence-corrected chi connectivity index (χ2v) is 4.13. The van der Waals surface area contributed by atoms with E-state index in [2.05, 4.69) is 10.3 Å². The van der Waals surface area contributed by atoms with Crippen molar-refractivity contribution in [2.24, 2.45) is 5.73 Å². The highest BCUT2D eigenvalue weighted by molar-refractivity contribution is 7.80. The lowest BCUT2D eigenvalue weighted by atomic mass is 10.1. The molecule has 0 aliphatic carbocycles. The number of hydrogen-bond acceptors (Lipinski definition) is 3. The first-order valence-corrected chi connectivity index (χ1v) is 5.74. The van der Waals surface area contributed by atoms with Crippen molar-refractivity contribution in [1.82, 2.24) is 10.3 Å². The van der Waals surface area contributed by atoms with Gasteiger partial charge >= 0.3 is 0 Å². The Morgan fingerprint density at radius 1 is 1.65 bits per heavy atom. The zero-order valence-corrected chi connectivity index (χ0v) is 10.3. The van der Waals surface area contributed by atoms with Crippen molar-refractivity contribution in [1.29, 1.82) is 0 Å². The van der Waals surface area contributed by atoms with Crippen LogP contribution >= 0.6 is 12.2 Å². The van der Waals surface area contributed by atoms with Crippen LogP contribution in [0.2, 0.25) is 0 Å². The van der Waals surface area contributed by atoms with Crippen molar-refractivity contribution in [3.63, 3.8) is 0 Å². The Morgan fingerprint density at radius 2 is 2.35 bits per heavy atom. The molecule has 1 heterocycles. The first-order chi connectivity index (χ1) is 8.04. The van der Waals surface area contributed by atoms with E-state index in [4.69, 9.17) is 18.0 Å². The summed E-state index contributed by atoms with van der Waals surface area (Å²) in [5.74, 6) is -0.345. The SMILES string of the molecule is CCCC(NC(=O)c1cc[nH]c(=O)c1)C(N)=S. The molecule has 0 spiro atoms. The number of H-pyrrole nitrogens is 1. The summed E-state index contributed by atoms with van der Waals surface area (Å²) < 4.78 is 0. The predicted molar refractivity (Wildman–Crippen MR) is 70.0 cm³/mol. The van der Waals surface area contributed by atoms with Crippen LogP contribution in [0.25, 0.3) is 0 Å². The monoisotopic (exact) mass is 253 g/mol. The predicted octanol–water partition coefficient (Wildman–Crippen LogP) is 0.560. The maximum atomic E-state index is 11.8. The third-order valence-corrected chi connectivity index (χ3v) is 2.55. The number of hydrogen-bond donors (Lipinski definition) is 3. The van der Waals surface area contributed by atoms with Gasteiger partial charge in [-0.05, 0) is 12.5 Å². The summed E-state index contributed by atoms with van der Waals surface area (Å²) in [6, 6.07) is 2.43. The van der Waals surface area contributed by atoms with Crippen molar-refractivity contribution >= 4 is 23.1 Å². The molecule has 1 rings (SSSR count). The molecule has 0 aromatic carbocycles. The summed E-state index contributed by atoms with van der Waals surface area (Å²) in [5, 5.41) is 2.70. The molecule has 0 aliphatic heterocycles. The molecular formula is C11H15N3O2S. The Balaban J connectivity index is 2.77. The number of carbonyl (C=O) groups is 1. The molecular weight excluding hydrogens is 238 g/mol. The molecule has 0 fully saturated rings. The average molecular weight is 253 g/mol. The number of aromatic amines is 1. The Morgan fingerprint density at radius 3 is 2.88 bits per heavy atom. The van der Waals surface area contributed by atoms with E-state index < -0.39 is 0 Å². The van der Waals surface area contributed by atoms with Crippen LogP contribution in [-0.2, 0) is 0 Å². The van der Waals surface area contributed by atoms with Gasteiger partial charge in [0.15, 0.2) is 0 Å². The van der Waals surface area contributed by atoms with Gasteiger partial charge < -0.3 is 16.0 Å². The van der Waals surface area contributed by atoms with Crippen molar-refractivity contribution in [2.45, 2.75) is 25.8 Å². The molecule has 5 nitrogen and oxygen atoms in total. The van der Waals surface area contributed by atoms with Gasteiger partial charge in [-0.15, -0.1) is 0 Å². The molecule has 0 radical (unpaired) electrons. The highest BCUT2D eigenvalue weighted by Gasteiger charge is 2.15. The Hall–Kier alpha value is -1.69. The minimum Gasteiger partial charge on any atom is -0.392 e. The zero-order valence-electron chi connectivity index (χ0n) is 9.53. The molecule has 92 valence electrons. The van der Waals surface area contributed by atoms with Crippen LogP contribution in [0.4, 0.5) is 0 Å².